The highest BCUT2D eigenvalue weighted by atomic mass is 32.2. The third kappa shape index (κ3) is 2.93. The van der Waals surface area contributed by atoms with Crippen molar-refractivity contribution in [1.29, 1.82) is 0 Å². The van der Waals surface area contributed by atoms with Crippen molar-refractivity contribution in [3.63, 3.8) is 0 Å². The van der Waals surface area contributed by atoms with E-state index in [9.17, 15) is 8.42 Å². The number of nitrogens with zero attached hydrogens (tertiary/aromatic N) is 2. The Hall–Kier alpha value is -0.820. The van der Waals surface area contributed by atoms with Crippen LogP contribution < -0.4 is 10.6 Å². The Morgan fingerprint density at radius 1 is 1.35 bits per heavy atom. The molecule has 1 aromatic heterocycles. The number of hydrogen-bond donors (Lipinski definition) is 1. The molecule has 20 heavy (non-hydrogen) atoms. The van der Waals surface area contributed by atoms with Crippen LogP contribution in [-0.4, -0.2) is 31.1 Å². The molecule has 1 saturated carbocycles. The van der Waals surface area contributed by atoms with Crippen LogP contribution in [0.3, 0.4) is 0 Å². The van der Waals surface area contributed by atoms with Gasteiger partial charge in [0.2, 0.25) is 0 Å². The van der Waals surface area contributed by atoms with E-state index in [1.54, 1.807) is 0 Å². The number of anilines is 2. The lowest BCUT2D eigenvalue weighted by Gasteiger charge is -2.28. The van der Waals surface area contributed by atoms with E-state index in [0.717, 1.165) is 24.4 Å². The molecule has 0 atom stereocenters. The Labute approximate surface area is 125 Å². The molecule has 5 nitrogen and oxygen atoms in total. The topological polar surface area (TPSA) is 76.3 Å². The normalized spacial score (nSPS) is 16.7. The van der Waals surface area contributed by atoms with Gasteiger partial charge in [0, 0.05) is 12.6 Å². The number of aromatic nitrogens is 1. The number of nitrogen functional groups attached to an aromatic ring is 1. The number of rotatable bonds is 6. The molecular weight excluding hydrogens is 294 g/mol. The lowest BCUT2D eigenvalue weighted by Crippen LogP contribution is -2.33. The van der Waals surface area contributed by atoms with Crippen molar-refractivity contribution >= 4 is 32.2 Å². The molecule has 2 rings (SSSR count). The Morgan fingerprint density at radius 3 is 2.55 bits per heavy atom. The van der Waals surface area contributed by atoms with Crippen molar-refractivity contribution in [2.45, 2.75) is 56.9 Å². The summed E-state index contributed by atoms with van der Waals surface area (Å²) >= 11 is 1.22. The largest absolute Gasteiger partial charge is 0.382 e. The van der Waals surface area contributed by atoms with Crippen LogP contribution in [0.4, 0.5) is 10.8 Å². The van der Waals surface area contributed by atoms with Gasteiger partial charge in [0.25, 0.3) is 0 Å². The summed E-state index contributed by atoms with van der Waals surface area (Å²) in [5, 5.41) is 0.741. The molecule has 114 valence electrons. The van der Waals surface area contributed by atoms with Crippen LogP contribution in [0.25, 0.3) is 0 Å². The third-order valence-corrected chi connectivity index (χ3v) is 6.81. The van der Waals surface area contributed by atoms with Gasteiger partial charge in [-0.05, 0) is 37.7 Å². The van der Waals surface area contributed by atoms with Crippen LogP contribution in [-0.2, 0) is 9.84 Å². The van der Waals surface area contributed by atoms with E-state index in [1.165, 1.54) is 24.4 Å². The molecule has 0 aliphatic heterocycles. The summed E-state index contributed by atoms with van der Waals surface area (Å²) in [4.78, 5) is 2.45. The fraction of sp³-hybridized carbons (Fsp3) is 0.769. The monoisotopic (exact) mass is 317 g/mol. The molecule has 1 fully saturated rings. The van der Waals surface area contributed by atoms with Gasteiger partial charge < -0.3 is 10.6 Å². The van der Waals surface area contributed by atoms with Crippen LogP contribution >= 0.6 is 11.5 Å². The van der Waals surface area contributed by atoms with Crippen molar-refractivity contribution < 1.29 is 8.42 Å². The molecule has 1 aromatic rings. The van der Waals surface area contributed by atoms with E-state index in [0.29, 0.717) is 12.5 Å². The highest BCUT2D eigenvalue weighted by molar-refractivity contribution is 7.91. The van der Waals surface area contributed by atoms with Crippen molar-refractivity contribution in [3.8, 4) is 0 Å². The Kier molecular flexibility index (Phi) is 4.90. The first-order valence-corrected chi connectivity index (χ1v) is 9.68. The highest BCUT2D eigenvalue weighted by Gasteiger charge is 2.31. The van der Waals surface area contributed by atoms with Crippen LogP contribution in [0.15, 0.2) is 4.90 Å². The van der Waals surface area contributed by atoms with Gasteiger partial charge in [-0.1, -0.05) is 19.8 Å². The van der Waals surface area contributed by atoms with E-state index in [4.69, 9.17) is 5.73 Å². The zero-order valence-electron chi connectivity index (χ0n) is 12.1. The van der Waals surface area contributed by atoms with Crippen LogP contribution in [0.2, 0.25) is 0 Å². The lowest BCUT2D eigenvalue weighted by atomic mass is 10.2. The average molecular weight is 317 g/mol. The Bertz CT molecular complexity index is 548. The average Bonchev–Trinajstić information content (AvgIpc) is 3.01. The maximum absolute atomic E-state index is 12.4. The summed E-state index contributed by atoms with van der Waals surface area (Å²) in [5.41, 5.74) is 5.84. The molecule has 0 radical (unpaired) electrons. The van der Waals surface area contributed by atoms with Crippen molar-refractivity contribution in [1.82, 2.24) is 4.37 Å². The van der Waals surface area contributed by atoms with E-state index < -0.39 is 9.84 Å². The molecular formula is C13H23N3O2S2. The maximum Gasteiger partial charge on any atom is 0.185 e. The first kappa shape index (κ1) is 15.6. The van der Waals surface area contributed by atoms with Gasteiger partial charge >= 0.3 is 0 Å². The summed E-state index contributed by atoms with van der Waals surface area (Å²) in [7, 11) is -3.33. The summed E-state index contributed by atoms with van der Waals surface area (Å²) in [6.45, 7) is 4.72. The maximum atomic E-state index is 12.4. The van der Waals surface area contributed by atoms with Gasteiger partial charge in [0.05, 0.1) is 5.75 Å². The van der Waals surface area contributed by atoms with E-state index in [2.05, 4.69) is 16.2 Å². The zero-order valence-corrected chi connectivity index (χ0v) is 13.8. The summed E-state index contributed by atoms with van der Waals surface area (Å²) in [6, 6.07) is 0.426. The van der Waals surface area contributed by atoms with Crippen molar-refractivity contribution in [2.24, 2.45) is 0 Å². The van der Waals surface area contributed by atoms with E-state index >= 15 is 0 Å². The minimum Gasteiger partial charge on any atom is -0.382 e. The second kappa shape index (κ2) is 6.30. The fourth-order valence-corrected chi connectivity index (χ4v) is 5.80. The molecule has 2 N–H and O–H groups in total. The van der Waals surface area contributed by atoms with Crippen molar-refractivity contribution in [3.05, 3.63) is 0 Å². The fourth-order valence-electron chi connectivity index (χ4n) is 2.91. The third-order valence-electron chi connectivity index (χ3n) is 3.81. The predicted molar refractivity (Wildman–Crippen MR) is 84.1 cm³/mol. The van der Waals surface area contributed by atoms with E-state index in [1.807, 2.05) is 6.92 Å². The van der Waals surface area contributed by atoms with Gasteiger partial charge in [-0.3, -0.25) is 0 Å². The van der Waals surface area contributed by atoms with Crippen LogP contribution in [0.1, 0.15) is 46.0 Å². The first-order chi connectivity index (χ1) is 9.51. The molecule has 0 aromatic carbocycles. The molecule has 0 saturated heterocycles. The summed E-state index contributed by atoms with van der Waals surface area (Å²) in [6.07, 6.45) is 5.27. The highest BCUT2D eigenvalue weighted by Crippen LogP contribution is 2.39. The standard InChI is InChI=1S/C13H23N3O2S2/c1-3-9-20(17,18)11-12(14)15-19-13(11)16(4-2)10-7-5-6-8-10/h10H,3-9H2,1-2H3,(H2,14,15). The number of nitrogens with two attached hydrogens (primary N) is 1. The molecule has 7 heteroatoms. The Balaban J connectivity index is 2.41. The number of sulfone groups is 1. The molecule has 0 amide bonds. The molecule has 0 unspecified atom stereocenters. The van der Waals surface area contributed by atoms with Gasteiger partial charge in [0.15, 0.2) is 15.7 Å². The van der Waals surface area contributed by atoms with Gasteiger partial charge in [0.1, 0.15) is 9.90 Å². The van der Waals surface area contributed by atoms with Crippen LogP contribution in [0, 0.1) is 0 Å². The molecule has 1 aliphatic rings. The SMILES string of the molecule is CCCS(=O)(=O)c1c(N)nsc1N(CC)C1CCCC1. The first-order valence-electron chi connectivity index (χ1n) is 7.25. The second-order valence-corrected chi connectivity index (χ2v) is 8.04. The van der Waals surface area contributed by atoms with Gasteiger partial charge in [-0.25, -0.2) is 8.42 Å². The van der Waals surface area contributed by atoms with Gasteiger partial charge in [-0.15, -0.1) is 0 Å². The van der Waals surface area contributed by atoms with E-state index in [-0.39, 0.29) is 16.5 Å². The molecule has 0 bridgehead atoms. The van der Waals surface area contributed by atoms with Crippen molar-refractivity contribution in [2.75, 3.05) is 22.9 Å². The summed E-state index contributed by atoms with van der Waals surface area (Å²) < 4.78 is 29.0. The number of hydrogen-bond acceptors (Lipinski definition) is 6. The van der Waals surface area contributed by atoms with Crippen LogP contribution in [0.5, 0.6) is 0 Å². The zero-order chi connectivity index (χ0) is 14.8. The molecule has 1 heterocycles. The van der Waals surface area contributed by atoms with Gasteiger partial charge in [-0.2, -0.15) is 4.37 Å². The Morgan fingerprint density at radius 2 is 2.00 bits per heavy atom. The minimum absolute atomic E-state index is 0.130. The second-order valence-electron chi connectivity index (χ2n) is 5.25. The predicted octanol–water partition coefficient (Wildman–Crippen LogP) is 2.68. The lowest BCUT2D eigenvalue weighted by molar-refractivity contribution is 0.591. The minimum atomic E-state index is -3.33. The molecule has 1 aliphatic carbocycles. The molecule has 0 spiro atoms. The quantitative estimate of drug-likeness (QED) is 0.873. The smallest absolute Gasteiger partial charge is 0.185 e. The summed E-state index contributed by atoms with van der Waals surface area (Å²) in [5.74, 6) is 0.292.